The van der Waals surface area contributed by atoms with Crippen LogP contribution < -0.4 is 44.9 Å². The lowest BCUT2D eigenvalue weighted by Gasteiger charge is -2.35. The molecule has 0 atom stereocenters. The normalized spacial score (nSPS) is 16.9. The van der Waals surface area contributed by atoms with E-state index in [1.165, 1.54) is 11.1 Å². The second-order valence-electron chi connectivity index (χ2n) is 10.2. The average Bonchev–Trinajstić information content (AvgIpc) is 3.47. The third kappa shape index (κ3) is 5.88. The summed E-state index contributed by atoms with van der Waals surface area (Å²) in [6.45, 7) is 6.27. The zero-order valence-electron chi connectivity index (χ0n) is 22.6. The molecule has 0 spiro atoms. The van der Waals surface area contributed by atoms with Gasteiger partial charge in [-0.3, -0.25) is 9.20 Å². The van der Waals surface area contributed by atoms with Gasteiger partial charge in [0, 0.05) is 36.4 Å². The molecule has 7 nitrogen and oxygen atoms in total. The summed E-state index contributed by atoms with van der Waals surface area (Å²) < 4.78 is 9.09. The number of hydrogen-bond acceptors (Lipinski definition) is 3. The number of halogens is 2. The topological polar surface area (TPSA) is 57.4 Å². The van der Waals surface area contributed by atoms with Crippen molar-refractivity contribution >= 4 is 16.7 Å². The molecule has 40 heavy (non-hydrogen) atoms. The van der Waals surface area contributed by atoms with E-state index in [0.29, 0.717) is 24.0 Å². The van der Waals surface area contributed by atoms with Crippen molar-refractivity contribution in [2.24, 2.45) is 0 Å². The molecule has 1 fully saturated rings. The van der Waals surface area contributed by atoms with Crippen LogP contribution in [0.1, 0.15) is 23.6 Å². The van der Waals surface area contributed by atoms with Crippen molar-refractivity contribution in [3.63, 3.8) is 0 Å². The van der Waals surface area contributed by atoms with Crippen LogP contribution in [0.25, 0.3) is 16.7 Å². The molecular formula is C31H35Cl2N5O2. The minimum Gasteiger partial charge on any atom is -1.00 e. The zero-order chi connectivity index (χ0) is 25.9. The molecule has 0 unspecified atom stereocenters. The highest BCUT2D eigenvalue weighted by atomic mass is 35.5. The molecule has 6 rings (SSSR count). The summed E-state index contributed by atoms with van der Waals surface area (Å²) in [6, 6.07) is 29.7. The van der Waals surface area contributed by atoms with Gasteiger partial charge in [-0.15, -0.1) is 0 Å². The van der Waals surface area contributed by atoms with Gasteiger partial charge in [-0.05, 0) is 18.2 Å². The van der Waals surface area contributed by atoms with E-state index in [1.807, 2.05) is 39.4 Å². The molecule has 5 aromatic rings. The maximum Gasteiger partial charge on any atom is 0.275 e. The van der Waals surface area contributed by atoms with Crippen LogP contribution in [-0.2, 0) is 6.54 Å². The molecule has 1 aliphatic heterocycles. The number of hydrogen-bond donors (Lipinski definition) is 2. The molecule has 2 aromatic carbocycles. The Bertz CT molecular complexity index is 1540. The standard InChI is InChI=1S/C31H33N5O2.2ClH/c1-38-28-16-15-26-30(32-28)35-18-8-14-27(35)31(37)36(26)19-9-17-33-20-22-34(23-21-33)29(24-10-4-2-5-11-24)25-12-6-3-7-13-25;;/h2-8,10-16,18,29H,9,17,19-23H2,1H3;2*1H. The van der Waals surface area contributed by atoms with Crippen molar-refractivity contribution in [1.82, 2.24) is 14.0 Å². The van der Waals surface area contributed by atoms with Gasteiger partial charge in [0.1, 0.15) is 37.7 Å². The molecule has 1 aliphatic rings. The van der Waals surface area contributed by atoms with Gasteiger partial charge in [-0.2, -0.15) is 4.98 Å². The third-order valence-corrected chi connectivity index (χ3v) is 7.96. The van der Waals surface area contributed by atoms with E-state index in [2.05, 4.69) is 65.6 Å². The number of rotatable bonds is 8. The molecule has 1 saturated heterocycles. The number of methoxy groups -OCH3 is 1. The average molecular weight is 581 g/mol. The van der Waals surface area contributed by atoms with Crippen molar-refractivity contribution in [3.8, 4) is 5.88 Å². The largest absolute Gasteiger partial charge is 1.00 e. The van der Waals surface area contributed by atoms with E-state index in [1.54, 1.807) is 16.9 Å². The number of pyridine rings is 1. The lowest BCUT2D eigenvalue weighted by Crippen LogP contribution is -3.28. The summed E-state index contributed by atoms with van der Waals surface area (Å²) in [5.41, 5.74) is 5.05. The predicted octanol–water partition coefficient (Wildman–Crippen LogP) is -4.37. The molecular weight excluding hydrogens is 545 g/mol. The Morgan fingerprint density at radius 3 is 2.10 bits per heavy atom. The van der Waals surface area contributed by atoms with E-state index in [-0.39, 0.29) is 30.4 Å². The van der Waals surface area contributed by atoms with Gasteiger partial charge in [-0.1, -0.05) is 60.7 Å². The lowest BCUT2D eigenvalue weighted by atomic mass is 9.96. The first-order valence-electron chi connectivity index (χ1n) is 13.6. The molecule has 4 heterocycles. The first-order chi connectivity index (χ1) is 18.7. The molecule has 2 N–H and O–H groups in total. The zero-order valence-corrected chi connectivity index (χ0v) is 24.1. The Morgan fingerprint density at radius 2 is 1.48 bits per heavy atom. The number of aromatic nitrogens is 3. The van der Waals surface area contributed by atoms with Crippen molar-refractivity contribution in [3.05, 3.63) is 113 Å². The van der Waals surface area contributed by atoms with Crippen molar-refractivity contribution in [2.45, 2.75) is 19.0 Å². The fourth-order valence-corrected chi connectivity index (χ4v) is 6.04. The predicted molar refractivity (Wildman–Crippen MR) is 149 cm³/mol. The maximum absolute atomic E-state index is 13.3. The van der Waals surface area contributed by atoms with Gasteiger partial charge in [0.25, 0.3) is 5.56 Å². The smallest absolute Gasteiger partial charge is 0.275 e. The highest BCUT2D eigenvalue weighted by molar-refractivity contribution is 5.75. The molecule has 0 aliphatic carbocycles. The minimum absolute atomic E-state index is 0. The quantitative estimate of drug-likeness (QED) is 0.195. The summed E-state index contributed by atoms with van der Waals surface area (Å²) in [7, 11) is 1.61. The number of aryl methyl sites for hydroxylation is 1. The molecule has 0 bridgehead atoms. The van der Waals surface area contributed by atoms with E-state index in [9.17, 15) is 4.79 Å². The Hall–Kier alpha value is -3.36. The molecule has 0 saturated carbocycles. The van der Waals surface area contributed by atoms with Crippen molar-refractivity contribution in [2.75, 3.05) is 39.8 Å². The maximum atomic E-state index is 13.3. The Labute approximate surface area is 246 Å². The van der Waals surface area contributed by atoms with Crippen LogP contribution in [0, 0.1) is 0 Å². The van der Waals surface area contributed by atoms with Crippen LogP contribution in [0.3, 0.4) is 0 Å². The first-order valence-corrected chi connectivity index (χ1v) is 13.6. The van der Waals surface area contributed by atoms with Crippen LogP contribution in [0.5, 0.6) is 5.88 Å². The van der Waals surface area contributed by atoms with Crippen LogP contribution in [0.15, 0.2) is 95.9 Å². The van der Waals surface area contributed by atoms with Gasteiger partial charge < -0.3 is 43.9 Å². The molecule has 0 amide bonds. The first kappa shape index (κ1) is 29.6. The molecule has 3 aromatic heterocycles. The van der Waals surface area contributed by atoms with Gasteiger partial charge in [-0.25, -0.2) is 0 Å². The highest BCUT2D eigenvalue weighted by Crippen LogP contribution is 2.19. The molecule has 0 radical (unpaired) electrons. The number of fused-ring (bicyclic) bond motifs is 3. The number of nitrogens with one attached hydrogen (secondary N) is 2. The van der Waals surface area contributed by atoms with Crippen LogP contribution in [0.2, 0.25) is 0 Å². The summed E-state index contributed by atoms with van der Waals surface area (Å²) in [5.74, 6) is 0.548. The second kappa shape index (κ2) is 13.3. The summed E-state index contributed by atoms with van der Waals surface area (Å²) in [4.78, 5) is 21.2. The summed E-state index contributed by atoms with van der Waals surface area (Å²) >= 11 is 0. The Kier molecular flexibility index (Phi) is 9.87. The number of piperazine rings is 1. The lowest BCUT2D eigenvalue weighted by molar-refractivity contribution is -1.02. The van der Waals surface area contributed by atoms with Gasteiger partial charge in [0.15, 0.2) is 5.65 Å². The monoisotopic (exact) mass is 579 g/mol. The molecule has 9 heteroatoms. The van der Waals surface area contributed by atoms with Crippen LogP contribution >= 0.6 is 0 Å². The Balaban J connectivity index is 0.00000185. The number of quaternary nitrogens is 2. The van der Waals surface area contributed by atoms with E-state index >= 15 is 0 Å². The summed E-state index contributed by atoms with van der Waals surface area (Å²) in [5, 5.41) is 0. The highest BCUT2D eigenvalue weighted by Gasteiger charge is 2.31. The fourth-order valence-electron chi connectivity index (χ4n) is 6.04. The fraction of sp³-hybridized carbons (Fsp3) is 0.290. The Morgan fingerprint density at radius 1 is 0.825 bits per heavy atom. The molecule has 210 valence electrons. The van der Waals surface area contributed by atoms with Crippen molar-refractivity contribution in [1.29, 1.82) is 0 Å². The van der Waals surface area contributed by atoms with Gasteiger partial charge >= 0.3 is 0 Å². The van der Waals surface area contributed by atoms with Crippen LogP contribution in [-0.4, -0.2) is 53.8 Å². The van der Waals surface area contributed by atoms with Gasteiger partial charge in [0.2, 0.25) is 5.88 Å². The van der Waals surface area contributed by atoms with E-state index in [0.717, 1.165) is 50.3 Å². The SMILES string of the molecule is COc1ccc2c(n1)n1cccc1c(=O)n2CCC[NH+]1CC[NH+](C(c2ccccc2)c2ccccc2)CC1.[Cl-].[Cl-]. The van der Waals surface area contributed by atoms with E-state index in [4.69, 9.17) is 4.74 Å². The van der Waals surface area contributed by atoms with Gasteiger partial charge in [0.05, 0.1) is 19.2 Å². The van der Waals surface area contributed by atoms with Crippen LogP contribution in [0.4, 0.5) is 0 Å². The summed E-state index contributed by atoms with van der Waals surface area (Å²) in [6.07, 6.45) is 2.84. The number of benzene rings is 2. The third-order valence-electron chi connectivity index (χ3n) is 7.96. The number of nitrogens with zero attached hydrogens (tertiary/aromatic N) is 3. The number of ether oxygens (including phenoxy) is 1. The minimum atomic E-state index is 0. The van der Waals surface area contributed by atoms with Crippen molar-refractivity contribution < 1.29 is 39.4 Å². The van der Waals surface area contributed by atoms with E-state index < -0.39 is 0 Å². The second-order valence-corrected chi connectivity index (χ2v) is 10.2.